The fourth-order valence-electron chi connectivity index (χ4n) is 1.34. The van der Waals surface area contributed by atoms with Crippen LogP contribution in [0.1, 0.15) is 11.3 Å². The Kier molecular flexibility index (Phi) is 2.48. The first-order chi connectivity index (χ1) is 7.09. The van der Waals surface area contributed by atoms with E-state index in [4.69, 9.17) is 5.73 Å². The Hall–Kier alpha value is -1.36. The lowest BCUT2D eigenvalue weighted by Crippen LogP contribution is -2.04. The first-order valence-electron chi connectivity index (χ1n) is 4.53. The number of aromatic nitrogens is 3. The first kappa shape index (κ1) is 10.2. The van der Waals surface area contributed by atoms with Crippen LogP contribution in [0.15, 0.2) is 22.8 Å². The number of rotatable bonds is 1. The van der Waals surface area contributed by atoms with Gasteiger partial charge in [-0.2, -0.15) is 9.78 Å². The van der Waals surface area contributed by atoms with Gasteiger partial charge in [-0.15, -0.1) is 0 Å². The zero-order valence-electron chi connectivity index (χ0n) is 8.53. The second kappa shape index (κ2) is 3.66. The van der Waals surface area contributed by atoms with Crippen molar-refractivity contribution in [1.29, 1.82) is 0 Å². The predicted molar refractivity (Wildman–Crippen MR) is 62.9 cm³/mol. The van der Waals surface area contributed by atoms with E-state index in [0.717, 1.165) is 21.5 Å². The van der Waals surface area contributed by atoms with Crippen LogP contribution in [-0.4, -0.2) is 14.8 Å². The Morgan fingerprint density at radius 1 is 1.40 bits per heavy atom. The highest BCUT2D eigenvalue weighted by Crippen LogP contribution is 2.25. The minimum atomic E-state index is 0.575. The maximum absolute atomic E-state index is 5.90. The number of aryl methyl sites for hydroxylation is 2. The van der Waals surface area contributed by atoms with Crippen molar-refractivity contribution in [2.45, 2.75) is 13.8 Å². The van der Waals surface area contributed by atoms with Gasteiger partial charge in [0.2, 0.25) is 0 Å². The molecule has 0 saturated carbocycles. The summed E-state index contributed by atoms with van der Waals surface area (Å²) in [5.41, 5.74) is 7.88. The Morgan fingerprint density at radius 3 is 2.67 bits per heavy atom. The topological polar surface area (TPSA) is 56.7 Å². The molecule has 15 heavy (non-hydrogen) atoms. The van der Waals surface area contributed by atoms with E-state index in [0.29, 0.717) is 5.82 Å². The predicted octanol–water partition coefficient (Wildman–Crippen LogP) is 2.23. The van der Waals surface area contributed by atoms with Gasteiger partial charge in [0.15, 0.2) is 5.82 Å². The van der Waals surface area contributed by atoms with Gasteiger partial charge in [-0.1, -0.05) is 0 Å². The zero-order chi connectivity index (χ0) is 11.0. The molecule has 0 aliphatic heterocycles. The monoisotopic (exact) mass is 266 g/mol. The second-order valence-electron chi connectivity index (χ2n) is 3.39. The van der Waals surface area contributed by atoms with Crippen molar-refractivity contribution >= 4 is 21.7 Å². The van der Waals surface area contributed by atoms with Crippen molar-refractivity contribution in [3.8, 4) is 5.82 Å². The molecule has 4 nitrogen and oxygen atoms in total. The van der Waals surface area contributed by atoms with Crippen LogP contribution in [0.5, 0.6) is 0 Å². The molecule has 0 radical (unpaired) electrons. The minimum absolute atomic E-state index is 0.575. The Labute approximate surface area is 96.3 Å². The van der Waals surface area contributed by atoms with Gasteiger partial charge in [-0.05, 0) is 47.5 Å². The molecule has 0 aromatic carbocycles. The van der Waals surface area contributed by atoms with Crippen molar-refractivity contribution in [3.63, 3.8) is 0 Å². The largest absolute Gasteiger partial charge is 0.383 e. The maximum atomic E-state index is 5.90. The molecule has 2 aromatic rings. The van der Waals surface area contributed by atoms with Crippen molar-refractivity contribution in [2.75, 3.05) is 5.73 Å². The van der Waals surface area contributed by atoms with Gasteiger partial charge in [-0.25, -0.2) is 4.98 Å². The van der Waals surface area contributed by atoms with Gasteiger partial charge in [0, 0.05) is 6.20 Å². The molecule has 0 amide bonds. The number of pyridine rings is 1. The molecule has 2 rings (SSSR count). The molecule has 0 aliphatic carbocycles. The third-order valence-electron chi connectivity index (χ3n) is 2.14. The van der Waals surface area contributed by atoms with Gasteiger partial charge in [0.25, 0.3) is 0 Å². The van der Waals surface area contributed by atoms with Crippen LogP contribution in [0.4, 0.5) is 5.82 Å². The fraction of sp³-hybridized carbons (Fsp3) is 0.200. The van der Waals surface area contributed by atoms with Crippen LogP contribution < -0.4 is 5.73 Å². The average molecular weight is 267 g/mol. The summed E-state index contributed by atoms with van der Waals surface area (Å²) < 4.78 is 2.46. The minimum Gasteiger partial charge on any atom is -0.383 e. The number of nitrogen functional groups attached to an aromatic ring is 1. The lowest BCUT2D eigenvalue weighted by molar-refractivity contribution is 0.840. The number of hydrogen-bond donors (Lipinski definition) is 1. The number of nitrogens with zero attached hydrogens (tertiary/aromatic N) is 3. The van der Waals surface area contributed by atoms with Crippen molar-refractivity contribution in [1.82, 2.24) is 14.8 Å². The highest BCUT2D eigenvalue weighted by atomic mass is 79.9. The SMILES string of the molecule is Cc1ccnc(-n2nc(C)c(Br)c2N)c1. The highest BCUT2D eigenvalue weighted by molar-refractivity contribution is 9.10. The summed E-state index contributed by atoms with van der Waals surface area (Å²) in [5.74, 6) is 1.31. The van der Waals surface area contributed by atoms with Crippen LogP contribution in [0, 0.1) is 13.8 Å². The van der Waals surface area contributed by atoms with Crippen LogP contribution >= 0.6 is 15.9 Å². The van der Waals surface area contributed by atoms with E-state index >= 15 is 0 Å². The van der Waals surface area contributed by atoms with Crippen LogP contribution in [-0.2, 0) is 0 Å². The number of nitrogens with two attached hydrogens (primary N) is 1. The summed E-state index contributed by atoms with van der Waals surface area (Å²) in [5, 5.41) is 4.30. The van der Waals surface area contributed by atoms with E-state index in [1.165, 1.54) is 0 Å². The number of halogens is 1. The summed E-state index contributed by atoms with van der Waals surface area (Å²) in [6.45, 7) is 3.90. The quantitative estimate of drug-likeness (QED) is 0.861. The van der Waals surface area contributed by atoms with Gasteiger partial charge >= 0.3 is 0 Å². The summed E-state index contributed by atoms with van der Waals surface area (Å²) in [7, 11) is 0. The second-order valence-corrected chi connectivity index (χ2v) is 4.18. The molecule has 0 spiro atoms. The Morgan fingerprint density at radius 2 is 2.13 bits per heavy atom. The molecule has 78 valence electrons. The molecule has 0 fully saturated rings. The molecule has 2 N–H and O–H groups in total. The third-order valence-corrected chi connectivity index (χ3v) is 3.12. The van der Waals surface area contributed by atoms with Gasteiger partial charge < -0.3 is 5.73 Å². The van der Waals surface area contributed by atoms with Crippen LogP contribution in [0.3, 0.4) is 0 Å². The molecule has 0 saturated heterocycles. The van der Waals surface area contributed by atoms with E-state index in [9.17, 15) is 0 Å². The molecule has 0 aliphatic rings. The van der Waals surface area contributed by atoms with E-state index in [1.807, 2.05) is 26.0 Å². The van der Waals surface area contributed by atoms with Gasteiger partial charge in [-0.3, -0.25) is 0 Å². The van der Waals surface area contributed by atoms with Crippen molar-refractivity contribution in [3.05, 3.63) is 34.1 Å². The summed E-state index contributed by atoms with van der Waals surface area (Å²) in [4.78, 5) is 4.22. The summed E-state index contributed by atoms with van der Waals surface area (Å²) in [6.07, 6.45) is 1.75. The summed E-state index contributed by atoms with van der Waals surface area (Å²) in [6, 6.07) is 3.88. The molecular weight excluding hydrogens is 256 g/mol. The molecule has 0 bridgehead atoms. The first-order valence-corrected chi connectivity index (χ1v) is 5.32. The van der Waals surface area contributed by atoms with Gasteiger partial charge in [0.1, 0.15) is 5.82 Å². The highest BCUT2D eigenvalue weighted by Gasteiger charge is 2.11. The number of anilines is 1. The Bertz CT molecular complexity index is 504. The normalized spacial score (nSPS) is 10.6. The van der Waals surface area contributed by atoms with Gasteiger partial charge in [0.05, 0.1) is 10.2 Å². The zero-order valence-corrected chi connectivity index (χ0v) is 10.1. The van der Waals surface area contributed by atoms with E-state index < -0.39 is 0 Å². The number of hydrogen-bond acceptors (Lipinski definition) is 3. The lowest BCUT2D eigenvalue weighted by Gasteiger charge is -2.03. The van der Waals surface area contributed by atoms with Crippen molar-refractivity contribution < 1.29 is 0 Å². The maximum Gasteiger partial charge on any atom is 0.155 e. The standard InChI is InChI=1S/C10H11BrN4/c1-6-3-4-13-8(5-6)15-10(12)9(11)7(2)14-15/h3-5H,12H2,1-2H3. The fourth-order valence-corrected chi connectivity index (χ4v) is 1.58. The molecule has 0 atom stereocenters. The third kappa shape index (κ3) is 1.74. The van der Waals surface area contributed by atoms with E-state index in [-0.39, 0.29) is 0 Å². The molecule has 0 unspecified atom stereocenters. The molecule has 2 aromatic heterocycles. The van der Waals surface area contributed by atoms with Crippen LogP contribution in [0.25, 0.3) is 5.82 Å². The average Bonchev–Trinajstić information content (AvgIpc) is 2.46. The van der Waals surface area contributed by atoms with Crippen LogP contribution in [0.2, 0.25) is 0 Å². The smallest absolute Gasteiger partial charge is 0.155 e. The molecule has 2 heterocycles. The Balaban J connectivity index is 2.59. The molecule has 5 heteroatoms. The van der Waals surface area contributed by atoms with Crippen molar-refractivity contribution in [2.24, 2.45) is 0 Å². The van der Waals surface area contributed by atoms with E-state index in [2.05, 4.69) is 26.0 Å². The summed E-state index contributed by atoms with van der Waals surface area (Å²) >= 11 is 3.38. The lowest BCUT2D eigenvalue weighted by atomic mass is 10.3. The molecular formula is C10H11BrN4. The van der Waals surface area contributed by atoms with E-state index in [1.54, 1.807) is 10.9 Å².